The predicted molar refractivity (Wildman–Crippen MR) is 42.8 cm³/mol. The van der Waals surface area contributed by atoms with E-state index >= 15 is 0 Å². The van der Waals surface area contributed by atoms with Crippen LogP contribution in [0.25, 0.3) is 0 Å². The predicted octanol–water partition coefficient (Wildman–Crippen LogP) is 2.80. The van der Waals surface area contributed by atoms with Crippen molar-refractivity contribution in [2.45, 2.75) is 6.10 Å². The van der Waals surface area contributed by atoms with Crippen LogP contribution in [-0.2, 0) is 4.74 Å². The Labute approximate surface area is 76.5 Å². The maximum absolute atomic E-state index is 13.1. The Morgan fingerprint density at radius 2 is 1.83 bits per heavy atom. The topological polar surface area (TPSA) is 12.5 Å². The summed E-state index contributed by atoms with van der Waals surface area (Å²) < 4.78 is 31.3. The van der Waals surface area contributed by atoms with E-state index in [9.17, 15) is 8.78 Å². The zero-order valence-corrected chi connectivity index (χ0v) is 7.57. The highest BCUT2D eigenvalue weighted by molar-refractivity contribution is 9.10. The molecule has 1 unspecified atom stereocenters. The van der Waals surface area contributed by atoms with Gasteiger partial charge in [0.2, 0.25) is 0 Å². The molecular formula is C8H5BrF2O. The van der Waals surface area contributed by atoms with Crippen LogP contribution in [0, 0.1) is 11.6 Å². The van der Waals surface area contributed by atoms with Gasteiger partial charge in [-0.15, -0.1) is 0 Å². The minimum absolute atomic E-state index is 0.0400. The van der Waals surface area contributed by atoms with E-state index in [4.69, 9.17) is 4.74 Å². The Balaban J connectivity index is 2.51. The zero-order valence-electron chi connectivity index (χ0n) is 5.98. The second kappa shape index (κ2) is 2.78. The Morgan fingerprint density at radius 1 is 1.33 bits per heavy atom. The maximum Gasteiger partial charge on any atom is 0.133 e. The molecule has 1 aromatic rings. The fourth-order valence-electron chi connectivity index (χ4n) is 1.08. The Morgan fingerprint density at radius 3 is 2.25 bits per heavy atom. The normalized spacial score (nSPS) is 21.1. The van der Waals surface area contributed by atoms with Crippen molar-refractivity contribution in [2.24, 2.45) is 0 Å². The zero-order chi connectivity index (χ0) is 8.72. The molecule has 0 aliphatic carbocycles. The molecule has 0 N–H and O–H groups in total. The Bertz CT molecular complexity index is 300. The molecule has 0 spiro atoms. The third-order valence-electron chi connectivity index (χ3n) is 1.70. The molecule has 0 amide bonds. The minimum atomic E-state index is -0.552. The van der Waals surface area contributed by atoms with Gasteiger partial charge in [-0.1, -0.05) is 15.9 Å². The third-order valence-corrected chi connectivity index (χ3v) is 2.16. The number of hydrogen-bond donors (Lipinski definition) is 0. The lowest BCUT2D eigenvalue weighted by atomic mass is 10.1. The summed E-state index contributed by atoms with van der Waals surface area (Å²) in [5.41, 5.74) is 0.0400. The molecule has 0 saturated carbocycles. The van der Waals surface area contributed by atoms with Gasteiger partial charge in [-0.25, -0.2) is 8.78 Å². The molecule has 1 atom stereocenters. The Hall–Kier alpha value is -0.480. The number of rotatable bonds is 1. The van der Waals surface area contributed by atoms with Gasteiger partial charge in [-0.2, -0.15) is 0 Å². The molecule has 1 aromatic carbocycles. The molecule has 1 aliphatic rings. The molecule has 0 aromatic heterocycles. The molecular weight excluding hydrogens is 230 g/mol. The molecule has 1 aliphatic heterocycles. The highest BCUT2D eigenvalue weighted by atomic mass is 79.9. The summed E-state index contributed by atoms with van der Waals surface area (Å²) >= 11 is 3.00. The van der Waals surface area contributed by atoms with Crippen LogP contribution in [0.1, 0.15) is 11.7 Å². The average Bonchev–Trinajstić information content (AvgIpc) is 2.68. The lowest BCUT2D eigenvalue weighted by Gasteiger charge is -2.01. The van der Waals surface area contributed by atoms with Crippen molar-refractivity contribution < 1.29 is 13.5 Å². The SMILES string of the molecule is Fc1cc(Br)cc(F)c1C1CO1. The van der Waals surface area contributed by atoms with Crippen molar-refractivity contribution >= 4 is 15.9 Å². The first kappa shape index (κ1) is 8.13. The van der Waals surface area contributed by atoms with E-state index in [-0.39, 0.29) is 11.7 Å². The number of benzene rings is 1. The second-order valence-electron chi connectivity index (χ2n) is 2.61. The van der Waals surface area contributed by atoms with Crippen LogP contribution in [0.15, 0.2) is 16.6 Å². The number of epoxide rings is 1. The fourth-order valence-corrected chi connectivity index (χ4v) is 1.48. The number of hydrogen-bond acceptors (Lipinski definition) is 1. The summed E-state index contributed by atoms with van der Waals surface area (Å²) in [5.74, 6) is -1.10. The van der Waals surface area contributed by atoms with Gasteiger partial charge in [-0.3, -0.25) is 0 Å². The van der Waals surface area contributed by atoms with Gasteiger partial charge in [0.05, 0.1) is 12.2 Å². The molecule has 2 rings (SSSR count). The summed E-state index contributed by atoms with van der Waals surface area (Å²) in [4.78, 5) is 0. The molecule has 0 bridgehead atoms. The van der Waals surface area contributed by atoms with E-state index in [1.54, 1.807) is 0 Å². The van der Waals surface area contributed by atoms with Gasteiger partial charge in [0.15, 0.2) is 0 Å². The van der Waals surface area contributed by atoms with Gasteiger partial charge in [0.25, 0.3) is 0 Å². The lowest BCUT2D eigenvalue weighted by Crippen LogP contribution is -1.93. The van der Waals surface area contributed by atoms with Crippen LogP contribution < -0.4 is 0 Å². The molecule has 1 nitrogen and oxygen atoms in total. The maximum atomic E-state index is 13.1. The first-order valence-corrected chi connectivity index (χ1v) is 4.24. The van der Waals surface area contributed by atoms with Crippen LogP contribution >= 0.6 is 15.9 Å². The summed E-state index contributed by atoms with van der Waals surface area (Å²) in [6.07, 6.45) is -0.377. The number of halogens is 3. The molecule has 1 saturated heterocycles. The molecule has 12 heavy (non-hydrogen) atoms. The van der Waals surface area contributed by atoms with Gasteiger partial charge < -0.3 is 4.74 Å². The molecule has 1 heterocycles. The summed E-state index contributed by atoms with van der Waals surface area (Å²) in [5, 5.41) is 0. The molecule has 1 fully saturated rings. The van der Waals surface area contributed by atoms with E-state index in [0.29, 0.717) is 11.1 Å². The number of ether oxygens (including phenoxy) is 1. The highest BCUT2D eigenvalue weighted by Crippen LogP contribution is 2.34. The van der Waals surface area contributed by atoms with Crippen molar-refractivity contribution in [3.63, 3.8) is 0 Å². The van der Waals surface area contributed by atoms with Crippen molar-refractivity contribution in [3.05, 3.63) is 33.8 Å². The van der Waals surface area contributed by atoms with Gasteiger partial charge >= 0.3 is 0 Å². The molecule has 0 radical (unpaired) electrons. The molecule has 4 heteroatoms. The van der Waals surface area contributed by atoms with Crippen molar-refractivity contribution in [3.8, 4) is 0 Å². The largest absolute Gasteiger partial charge is 0.368 e. The van der Waals surface area contributed by atoms with Crippen molar-refractivity contribution in [1.29, 1.82) is 0 Å². The highest BCUT2D eigenvalue weighted by Gasteiger charge is 2.31. The van der Waals surface area contributed by atoms with E-state index in [1.807, 2.05) is 0 Å². The quantitative estimate of drug-likeness (QED) is 0.682. The van der Waals surface area contributed by atoms with Crippen LogP contribution in [0.2, 0.25) is 0 Å². The first-order valence-electron chi connectivity index (χ1n) is 3.44. The standard InChI is InChI=1S/C8H5BrF2O/c9-4-1-5(10)8(6(11)2-4)7-3-12-7/h1-2,7H,3H2. The van der Waals surface area contributed by atoms with Gasteiger partial charge in [-0.05, 0) is 12.1 Å². The smallest absolute Gasteiger partial charge is 0.133 e. The van der Waals surface area contributed by atoms with E-state index in [1.165, 1.54) is 12.1 Å². The van der Waals surface area contributed by atoms with Crippen molar-refractivity contribution in [2.75, 3.05) is 6.61 Å². The van der Waals surface area contributed by atoms with Crippen LogP contribution in [0.5, 0.6) is 0 Å². The lowest BCUT2D eigenvalue weighted by molar-refractivity contribution is 0.397. The summed E-state index contributed by atoms with van der Waals surface area (Å²) in [6.45, 7) is 0.412. The first-order chi connectivity index (χ1) is 5.68. The van der Waals surface area contributed by atoms with Crippen LogP contribution in [0.4, 0.5) is 8.78 Å². The molecule has 64 valence electrons. The van der Waals surface area contributed by atoms with Crippen LogP contribution in [0.3, 0.4) is 0 Å². The second-order valence-corrected chi connectivity index (χ2v) is 3.52. The van der Waals surface area contributed by atoms with Gasteiger partial charge in [0, 0.05) is 4.47 Å². The van der Waals surface area contributed by atoms with E-state index in [0.717, 1.165) is 0 Å². The summed E-state index contributed by atoms with van der Waals surface area (Å²) in [7, 11) is 0. The monoisotopic (exact) mass is 234 g/mol. The van der Waals surface area contributed by atoms with Crippen LogP contribution in [-0.4, -0.2) is 6.61 Å². The van der Waals surface area contributed by atoms with Gasteiger partial charge in [0.1, 0.15) is 17.7 Å². The van der Waals surface area contributed by atoms with E-state index < -0.39 is 11.6 Å². The summed E-state index contributed by atoms with van der Waals surface area (Å²) in [6, 6.07) is 2.47. The third kappa shape index (κ3) is 1.36. The Kier molecular flexibility index (Phi) is 1.88. The minimum Gasteiger partial charge on any atom is -0.368 e. The van der Waals surface area contributed by atoms with Crippen molar-refractivity contribution in [1.82, 2.24) is 0 Å². The average molecular weight is 235 g/mol. The van der Waals surface area contributed by atoms with E-state index in [2.05, 4.69) is 15.9 Å². The fraction of sp³-hybridized carbons (Fsp3) is 0.250.